The molecule has 0 aromatic carbocycles. The summed E-state index contributed by atoms with van der Waals surface area (Å²) in [6, 6.07) is -1.14. The summed E-state index contributed by atoms with van der Waals surface area (Å²) in [6.45, 7) is 0. The number of hydrogen-bond donors (Lipinski definition) is 2. The Labute approximate surface area is 96.2 Å². The Morgan fingerprint density at radius 1 is 1.76 bits per heavy atom. The lowest BCUT2D eigenvalue weighted by molar-refractivity contribution is -0.386. The highest BCUT2D eigenvalue weighted by atomic mass is 16.6. The van der Waals surface area contributed by atoms with Crippen LogP contribution in [0, 0.1) is 10.1 Å². The molecule has 92 valence electrons. The van der Waals surface area contributed by atoms with E-state index in [-0.39, 0.29) is 5.69 Å². The molecule has 0 bridgehead atoms. The van der Waals surface area contributed by atoms with E-state index in [1.165, 1.54) is 4.68 Å². The molecule has 0 aliphatic heterocycles. The monoisotopic (exact) mass is 240 g/mol. The molecule has 0 spiro atoms. The number of nitrogens with two attached hydrogens (primary N) is 1. The number of carbonyl (C=O) groups is 1. The summed E-state index contributed by atoms with van der Waals surface area (Å²) in [6.07, 6.45) is 2.19. The number of nitro groups is 1. The lowest BCUT2D eigenvalue weighted by Gasteiger charge is -2.19. The fourth-order valence-electron chi connectivity index (χ4n) is 2.20. The molecular weight excluding hydrogens is 228 g/mol. The molecule has 17 heavy (non-hydrogen) atoms. The Kier molecular flexibility index (Phi) is 2.39. The highest BCUT2D eigenvalue weighted by Gasteiger charge is 2.57. The van der Waals surface area contributed by atoms with Gasteiger partial charge < -0.3 is 10.8 Å². The maximum absolute atomic E-state index is 10.9. The average molecular weight is 240 g/mol. The Bertz CT molecular complexity index is 491. The van der Waals surface area contributed by atoms with Gasteiger partial charge in [0.05, 0.1) is 4.92 Å². The van der Waals surface area contributed by atoms with Crippen LogP contribution in [-0.2, 0) is 17.3 Å². The van der Waals surface area contributed by atoms with Gasteiger partial charge in [0.1, 0.15) is 17.9 Å². The van der Waals surface area contributed by atoms with E-state index in [4.69, 9.17) is 10.8 Å². The van der Waals surface area contributed by atoms with Crippen LogP contribution in [-0.4, -0.2) is 31.8 Å². The first-order valence-corrected chi connectivity index (χ1v) is 5.05. The van der Waals surface area contributed by atoms with Gasteiger partial charge in [-0.3, -0.25) is 19.6 Å². The molecule has 8 heteroatoms. The van der Waals surface area contributed by atoms with Crippen LogP contribution in [0.25, 0.3) is 0 Å². The minimum Gasteiger partial charge on any atom is -0.480 e. The van der Waals surface area contributed by atoms with Crippen LogP contribution in [0.15, 0.2) is 6.20 Å². The third-order valence-electron chi connectivity index (χ3n) is 3.24. The fourth-order valence-corrected chi connectivity index (χ4v) is 2.20. The lowest BCUT2D eigenvalue weighted by Crippen LogP contribution is -2.43. The van der Waals surface area contributed by atoms with Gasteiger partial charge >= 0.3 is 11.7 Å². The van der Waals surface area contributed by atoms with Gasteiger partial charge in [0.2, 0.25) is 0 Å². The molecular formula is C9H12N4O4. The van der Waals surface area contributed by atoms with Gasteiger partial charge in [0.25, 0.3) is 0 Å². The quantitative estimate of drug-likeness (QED) is 0.553. The van der Waals surface area contributed by atoms with Crippen molar-refractivity contribution < 1.29 is 14.8 Å². The number of nitrogens with zero attached hydrogens (tertiary/aromatic N) is 3. The Morgan fingerprint density at radius 2 is 2.35 bits per heavy atom. The average Bonchev–Trinajstić information content (AvgIpc) is 2.95. The van der Waals surface area contributed by atoms with E-state index in [1.54, 1.807) is 7.05 Å². The normalized spacial score (nSPS) is 18.7. The number of carboxylic acid groups (broad SMARTS) is 1. The number of aliphatic carboxylic acids is 1. The topological polar surface area (TPSA) is 124 Å². The first kappa shape index (κ1) is 11.5. The lowest BCUT2D eigenvalue weighted by atomic mass is 9.92. The third-order valence-corrected chi connectivity index (χ3v) is 3.24. The van der Waals surface area contributed by atoms with Crippen molar-refractivity contribution in [3.05, 3.63) is 22.0 Å². The first-order valence-electron chi connectivity index (χ1n) is 5.05. The van der Waals surface area contributed by atoms with Crippen molar-refractivity contribution in [3.63, 3.8) is 0 Å². The zero-order chi connectivity index (χ0) is 12.8. The standard InChI is InChI=1S/C9H12N4O4/c1-12-7(5(4-11-12)13(16)17)9(2-3-9)6(10)8(14)15/h4,6H,2-3,10H2,1H3,(H,14,15). The SMILES string of the molecule is Cn1ncc([N+](=O)[O-])c1C1(C(N)C(=O)O)CC1. The zero-order valence-electron chi connectivity index (χ0n) is 9.16. The van der Waals surface area contributed by atoms with E-state index < -0.39 is 22.3 Å². The number of carboxylic acids is 1. The number of rotatable bonds is 4. The Hall–Kier alpha value is -1.96. The number of hydrogen-bond acceptors (Lipinski definition) is 5. The molecule has 1 atom stereocenters. The van der Waals surface area contributed by atoms with Gasteiger partial charge in [-0.1, -0.05) is 0 Å². The second-order valence-electron chi connectivity index (χ2n) is 4.23. The van der Waals surface area contributed by atoms with Crippen molar-refractivity contribution in [2.75, 3.05) is 0 Å². The summed E-state index contributed by atoms with van der Waals surface area (Å²) < 4.78 is 1.34. The predicted octanol–water partition coefficient (Wildman–Crippen LogP) is -0.228. The van der Waals surface area contributed by atoms with Gasteiger partial charge in [-0.25, -0.2) is 0 Å². The Morgan fingerprint density at radius 3 is 2.76 bits per heavy atom. The van der Waals surface area contributed by atoms with E-state index in [1.807, 2.05) is 0 Å². The molecule has 0 saturated heterocycles. The minimum absolute atomic E-state index is 0.165. The van der Waals surface area contributed by atoms with Crippen molar-refractivity contribution in [2.45, 2.75) is 24.3 Å². The molecule has 1 unspecified atom stereocenters. The molecule has 1 aromatic heterocycles. The first-order chi connectivity index (χ1) is 7.90. The molecule has 1 aliphatic rings. The molecule has 8 nitrogen and oxygen atoms in total. The summed E-state index contributed by atoms with van der Waals surface area (Å²) in [7, 11) is 1.55. The van der Waals surface area contributed by atoms with Crippen LogP contribution < -0.4 is 5.73 Å². The molecule has 2 rings (SSSR count). The Balaban J connectivity index is 2.50. The van der Waals surface area contributed by atoms with E-state index in [2.05, 4.69) is 5.10 Å². The molecule has 0 amide bonds. The minimum atomic E-state index is -1.15. The van der Waals surface area contributed by atoms with Gasteiger partial charge in [-0.2, -0.15) is 5.10 Å². The van der Waals surface area contributed by atoms with Crippen LogP contribution in [0.5, 0.6) is 0 Å². The molecule has 1 aliphatic carbocycles. The molecule has 1 saturated carbocycles. The molecule has 0 radical (unpaired) electrons. The largest absolute Gasteiger partial charge is 0.480 e. The second kappa shape index (κ2) is 3.52. The van der Waals surface area contributed by atoms with Gasteiger partial charge in [0, 0.05) is 12.5 Å². The molecule has 1 heterocycles. The van der Waals surface area contributed by atoms with Crippen molar-refractivity contribution >= 4 is 11.7 Å². The number of aryl methyl sites for hydroxylation is 1. The summed E-state index contributed by atoms with van der Waals surface area (Å²) in [5, 5.41) is 23.6. The van der Waals surface area contributed by atoms with Crippen LogP contribution in [0.2, 0.25) is 0 Å². The smallest absolute Gasteiger partial charge is 0.321 e. The predicted molar refractivity (Wildman–Crippen MR) is 56.4 cm³/mol. The highest BCUT2D eigenvalue weighted by Crippen LogP contribution is 2.52. The highest BCUT2D eigenvalue weighted by molar-refractivity contribution is 5.77. The zero-order valence-corrected chi connectivity index (χ0v) is 9.16. The van der Waals surface area contributed by atoms with Crippen LogP contribution >= 0.6 is 0 Å². The van der Waals surface area contributed by atoms with E-state index in [0.717, 1.165) is 6.20 Å². The maximum atomic E-state index is 10.9. The van der Waals surface area contributed by atoms with E-state index in [9.17, 15) is 14.9 Å². The van der Waals surface area contributed by atoms with Crippen LogP contribution in [0.1, 0.15) is 18.5 Å². The second-order valence-corrected chi connectivity index (χ2v) is 4.23. The maximum Gasteiger partial charge on any atom is 0.321 e. The van der Waals surface area contributed by atoms with E-state index in [0.29, 0.717) is 18.5 Å². The molecule has 1 aromatic rings. The third kappa shape index (κ3) is 1.57. The molecule has 1 fully saturated rings. The van der Waals surface area contributed by atoms with Gasteiger partial charge in [0.15, 0.2) is 0 Å². The van der Waals surface area contributed by atoms with Crippen molar-refractivity contribution in [2.24, 2.45) is 12.8 Å². The van der Waals surface area contributed by atoms with E-state index >= 15 is 0 Å². The summed E-state index contributed by atoms with van der Waals surface area (Å²) in [4.78, 5) is 21.3. The van der Waals surface area contributed by atoms with Crippen molar-refractivity contribution in [1.82, 2.24) is 9.78 Å². The number of aromatic nitrogens is 2. The molecule has 3 N–H and O–H groups in total. The van der Waals surface area contributed by atoms with Gasteiger partial charge in [-0.15, -0.1) is 0 Å². The summed E-state index contributed by atoms with van der Waals surface area (Å²) >= 11 is 0. The fraction of sp³-hybridized carbons (Fsp3) is 0.556. The summed E-state index contributed by atoms with van der Waals surface area (Å²) in [5.41, 5.74) is 4.91. The van der Waals surface area contributed by atoms with Crippen molar-refractivity contribution in [1.29, 1.82) is 0 Å². The van der Waals surface area contributed by atoms with Crippen LogP contribution in [0.4, 0.5) is 5.69 Å². The van der Waals surface area contributed by atoms with Crippen LogP contribution in [0.3, 0.4) is 0 Å². The van der Waals surface area contributed by atoms with Gasteiger partial charge in [-0.05, 0) is 12.8 Å². The van der Waals surface area contributed by atoms with Crippen molar-refractivity contribution in [3.8, 4) is 0 Å². The summed E-state index contributed by atoms with van der Waals surface area (Å²) in [5.74, 6) is -1.15.